The zero-order valence-corrected chi connectivity index (χ0v) is 14.2. The average Bonchev–Trinajstić information content (AvgIpc) is 2.93. The van der Waals surface area contributed by atoms with Crippen molar-refractivity contribution < 1.29 is 9.53 Å². The highest BCUT2D eigenvalue weighted by molar-refractivity contribution is 5.92. The van der Waals surface area contributed by atoms with Crippen molar-refractivity contribution in [3.05, 3.63) is 34.8 Å². The molecule has 1 aliphatic rings. The van der Waals surface area contributed by atoms with Gasteiger partial charge in [-0.2, -0.15) is 5.10 Å². The van der Waals surface area contributed by atoms with Gasteiger partial charge >= 0.3 is 5.97 Å². The smallest absolute Gasteiger partial charge is 0.356 e. The number of aromatic nitrogens is 3. The zero-order chi connectivity index (χ0) is 16.4. The van der Waals surface area contributed by atoms with Gasteiger partial charge in [-0.15, -0.1) is 18.8 Å². The first-order chi connectivity index (χ1) is 11.2. The lowest BCUT2D eigenvalue weighted by Gasteiger charge is -2.15. The summed E-state index contributed by atoms with van der Waals surface area (Å²) in [5.41, 5.74) is 10.4. The standard InChI is InChI=1S/C17H18N4O2.ClH/c1-3-12-9-14-11(10-19-12)5-6-13-15(14)20-21(8-7-18)16(13)17(22)23-4-2;/h1,9-10H,4-8,18H2,2H3;1H. The van der Waals surface area contributed by atoms with Crippen LogP contribution in [0.5, 0.6) is 0 Å². The number of hydrogen-bond donors (Lipinski definition) is 1. The van der Waals surface area contributed by atoms with E-state index in [4.69, 9.17) is 16.9 Å². The fourth-order valence-corrected chi connectivity index (χ4v) is 2.91. The largest absolute Gasteiger partial charge is 0.461 e. The van der Waals surface area contributed by atoms with E-state index < -0.39 is 0 Å². The number of pyridine rings is 1. The highest BCUT2D eigenvalue weighted by Gasteiger charge is 2.29. The van der Waals surface area contributed by atoms with Gasteiger partial charge in [0.15, 0.2) is 0 Å². The summed E-state index contributed by atoms with van der Waals surface area (Å²) in [6, 6.07) is 1.85. The summed E-state index contributed by atoms with van der Waals surface area (Å²) < 4.78 is 6.83. The summed E-state index contributed by atoms with van der Waals surface area (Å²) in [7, 11) is 0. The first-order valence-electron chi connectivity index (χ1n) is 7.62. The molecule has 0 bridgehead atoms. The Labute approximate surface area is 146 Å². The van der Waals surface area contributed by atoms with Crippen molar-refractivity contribution in [2.75, 3.05) is 13.2 Å². The Morgan fingerprint density at radius 1 is 1.50 bits per heavy atom. The molecule has 0 spiro atoms. The molecular weight excluding hydrogens is 328 g/mol. The molecule has 0 unspecified atom stereocenters. The molecule has 0 fully saturated rings. The molecule has 0 aliphatic heterocycles. The quantitative estimate of drug-likeness (QED) is 0.671. The molecule has 3 rings (SSSR count). The second-order valence-electron chi connectivity index (χ2n) is 5.28. The Hall–Kier alpha value is -2.36. The van der Waals surface area contributed by atoms with Gasteiger partial charge in [0.2, 0.25) is 0 Å². The molecule has 7 heteroatoms. The van der Waals surface area contributed by atoms with Crippen molar-refractivity contribution in [2.45, 2.75) is 26.3 Å². The van der Waals surface area contributed by atoms with Crippen molar-refractivity contribution in [1.29, 1.82) is 0 Å². The number of ether oxygens (including phenoxy) is 1. The van der Waals surface area contributed by atoms with E-state index in [2.05, 4.69) is 16.0 Å². The highest BCUT2D eigenvalue weighted by atomic mass is 35.5. The van der Waals surface area contributed by atoms with Crippen molar-refractivity contribution in [1.82, 2.24) is 14.8 Å². The maximum Gasteiger partial charge on any atom is 0.356 e. The SMILES string of the molecule is C#Cc1cc2c(cn1)CCc1c-2nn(CCN)c1C(=O)OCC.Cl. The summed E-state index contributed by atoms with van der Waals surface area (Å²) in [5.74, 6) is 2.18. The average molecular weight is 347 g/mol. The van der Waals surface area contributed by atoms with E-state index in [1.165, 1.54) is 0 Å². The van der Waals surface area contributed by atoms with Crippen molar-refractivity contribution in [3.63, 3.8) is 0 Å². The molecule has 2 aromatic rings. The van der Waals surface area contributed by atoms with Crippen LogP contribution in [0.3, 0.4) is 0 Å². The van der Waals surface area contributed by atoms with Crippen LogP contribution < -0.4 is 5.73 Å². The van der Waals surface area contributed by atoms with Crippen LogP contribution in [0, 0.1) is 12.3 Å². The number of halogens is 1. The molecule has 0 radical (unpaired) electrons. The number of esters is 1. The van der Waals surface area contributed by atoms with Crippen LogP contribution in [0.1, 0.15) is 34.2 Å². The first-order valence-corrected chi connectivity index (χ1v) is 7.62. The molecular formula is C17H19ClN4O2. The van der Waals surface area contributed by atoms with E-state index in [0.29, 0.717) is 31.1 Å². The van der Waals surface area contributed by atoms with Crippen molar-refractivity contribution >= 4 is 18.4 Å². The van der Waals surface area contributed by atoms with Crippen LogP contribution in [0.2, 0.25) is 0 Å². The van der Waals surface area contributed by atoms with Gasteiger partial charge in [-0.1, -0.05) is 5.92 Å². The molecule has 1 aliphatic carbocycles. The van der Waals surface area contributed by atoms with Gasteiger partial charge in [-0.05, 0) is 31.4 Å². The Morgan fingerprint density at radius 2 is 2.29 bits per heavy atom. The van der Waals surface area contributed by atoms with Gasteiger partial charge in [0.25, 0.3) is 0 Å². The van der Waals surface area contributed by atoms with Gasteiger partial charge < -0.3 is 10.5 Å². The van der Waals surface area contributed by atoms with Crippen LogP contribution in [-0.2, 0) is 24.1 Å². The van der Waals surface area contributed by atoms with E-state index in [1.807, 2.05) is 6.07 Å². The lowest BCUT2D eigenvalue weighted by molar-refractivity contribution is 0.0510. The monoisotopic (exact) mass is 346 g/mol. The third kappa shape index (κ3) is 3.01. The fourth-order valence-electron chi connectivity index (χ4n) is 2.91. The number of aryl methyl sites for hydroxylation is 1. The van der Waals surface area contributed by atoms with Crippen molar-refractivity contribution in [2.24, 2.45) is 5.73 Å². The normalized spacial score (nSPS) is 11.7. The lowest BCUT2D eigenvalue weighted by Crippen LogP contribution is -2.19. The van der Waals surface area contributed by atoms with E-state index in [-0.39, 0.29) is 18.4 Å². The maximum atomic E-state index is 12.3. The summed E-state index contributed by atoms with van der Waals surface area (Å²) in [6.45, 7) is 2.96. The zero-order valence-electron chi connectivity index (χ0n) is 13.4. The summed E-state index contributed by atoms with van der Waals surface area (Å²) in [4.78, 5) is 16.6. The van der Waals surface area contributed by atoms with Crippen LogP contribution in [-0.4, -0.2) is 33.9 Å². The molecule has 24 heavy (non-hydrogen) atoms. The first kappa shape index (κ1) is 18.0. The Balaban J connectivity index is 0.00000208. The number of carbonyl (C=O) groups is 1. The third-order valence-electron chi connectivity index (χ3n) is 3.89. The number of fused-ring (bicyclic) bond motifs is 3. The van der Waals surface area contributed by atoms with E-state index in [9.17, 15) is 4.79 Å². The summed E-state index contributed by atoms with van der Waals surface area (Å²) in [6.07, 6.45) is 8.75. The molecule has 0 amide bonds. The molecule has 0 saturated heterocycles. The minimum atomic E-state index is -0.357. The predicted octanol–water partition coefficient (Wildman–Crippen LogP) is 1.58. The fraction of sp³-hybridized carbons (Fsp3) is 0.353. The molecule has 0 aromatic carbocycles. The summed E-state index contributed by atoms with van der Waals surface area (Å²) in [5, 5.41) is 4.60. The number of terminal acetylenes is 1. The predicted molar refractivity (Wildman–Crippen MR) is 93.1 cm³/mol. The maximum absolute atomic E-state index is 12.3. The molecule has 2 aromatic heterocycles. The van der Waals surface area contributed by atoms with Crippen molar-refractivity contribution in [3.8, 4) is 23.6 Å². The minimum Gasteiger partial charge on any atom is -0.461 e. The number of nitrogens with zero attached hydrogens (tertiary/aromatic N) is 3. The topological polar surface area (TPSA) is 83.0 Å². The van der Waals surface area contributed by atoms with Gasteiger partial charge in [-0.25, -0.2) is 9.78 Å². The molecule has 6 nitrogen and oxygen atoms in total. The van der Waals surface area contributed by atoms with Gasteiger partial charge in [-0.3, -0.25) is 4.68 Å². The minimum absolute atomic E-state index is 0. The summed E-state index contributed by atoms with van der Waals surface area (Å²) >= 11 is 0. The second kappa shape index (κ2) is 7.47. The number of carbonyl (C=O) groups excluding carboxylic acids is 1. The van der Waals surface area contributed by atoms with Crippen LogP contribution in [0.4, 0.5) is 0 Å². The molecule has 0 atom stereocenters. The lowest BCUT2D eigenvalue weighted by atomic mass is 9.90. The Bertz CT molecular complexity index is 808. The molecule has 0 saturated carbocycles. The number of rotatable bonds is 4. The highest BCUT2D eigenvalue weighted by Crippen LogP contribution is 2.34. The number of hydrogen-bond acceptors (Lipinski definition) is 5. The molecule has 2 heterocycles. The van der Waals surface area contributed by atoms with Crippen LogP contribution in [0.15, 0.2) is 12.3 Å². The third-order valence-corrected chi connectivity index (χ3v) is 3.89. The Morgan fingerprint density at radius 3 is 2.96 bits per heavy atom. The van der Waals surface area contributed by atoms with E-state index >= 15 is 0 Å². The second-order valence-corrected chi connectivity index (χ2v) is 5.28. The van der Waals surface area contributed by atoms with Crippen LogP contribution in [0.25, 0.3) is 11.3 Å². The van der Waals surface area contributed by atoms with E-state index in [0.717, 1.165) is 35.2 Å². The van der Waals surface area contributed by atoms with Gasteiger partial charge in [0.05, 0.1) is 18.8 Å². The Kier molecular flexibility index (Phi) is 5.60. The van der Waals surface area contributed by atoms with Gasteiger partial charge in [0, 0.05) is 23.9 Å². The number of nitrogens with two attached hydrogens (primary N) is 1. The van der Waals surface area contributed by atoms with Gasteiger partial charge in [0.1, 0.15) is 11.4 Å². The van der Waals surface area contributed by atoms with E-state index in [1.54, 1.807) is 17.8 Å². The van der Waals surface area contributed by atoms with Crippen LogP contribution >= 0.6 is 12.4 Å². The molecule has 126 valence electrons. The molecule has 2 N–H and O–H groups in total.